The van der Waals surface area contributed by atoms with Crippen LogP contribution in [0.5, 0.6) is 5.75 Å². The molecule has 2 aliphatic carbocycles. The van der Waals surface area contributed by atoms with Gasteiger partial charge in [-0.1, -0.05) is 19.1 Å². The molecule has 1 aliphatic heterocycles. The van der Waals surface area contributed by atoms with Gasteiger partial charge in [0.05, 0.1) is 12.2 Å². The van der Waals surface area contributed by atoms with Crippen LogP contribution in [-0.4, -0.2) is 54.4 Å². The molecule has 2 amide bonds. The Bertz CT molecular complexity index is 663. The zero-order valence-electron chi connectivity index (χ0n) is 14.8. The number of carbonyl (C=O) groups excluding carboxylic acids is 2. The van der Waals surface area contributed by atoms with E-state index in [0.29, 0.717) is 55.9 Å². The molecule has 1 saturated heterocycles. The van der Waals surface area contributed by atoms with E-state index in [2.05, 4.69) is 6.92 Å². The fourth-order valence-electron chi connectivity index (χ4n) is 3.46. The van der Waals surface area contributed by atoms with Crippen molar-refractivity contribution in [3.05, 3.63) is 29.8 Å². The number of amides is 2. The Balaban J connectivity index is 1.36. The Morgan fingerprint density at radius 2 is 1.72 bits per heavy atom. The lowest BCUT2D eigenvalue weighted by Gasteiger charge is -2.35. The van der Waals surface area contributed by atoms with E-state index < -0.39 is 0 Å². The first kappa shape index (κ1) is 16.4. The van der Waals surface area contributed by atoms with Crippen LogP contribution >= 0.6 is 0 Å². The van der Waals surface area contributed by atoms with Crippen molar-refractivity contribution >= 4 is 11.8 Å². The molecule has 0 radical (unpaired) electrons. The van der Waals surface area contributed by atoms with E-state index >= 15 is 0 Å². The van der Waals surface area contributed by atoms with Gasteiger partial charge < -0.3 is 14.5 Å². The summed E-state index contributed by atoms with van der Waals surface area (Å²) < 4.78 is 5.87. The molecule has 2 atom stereocenters. The quantitative estimate of drug-likeness (QED) is 0.826. The van der Waals surface area contributed by atoms with Gasteiger partial charge in [-0.3, -0.25) is 9.59 Å². The average Bonchev–Trinajstić information content (AvgIpc) is 3.56. The van der Waals surface area contributed by atoms with E-state index in [1.165, 1.54) is 12.8 Å². The molecule has 0 aromatic heterocycles. The van der Waals surface area contributed by atoms with Gasteiger partial charge in [0.2, 0.25) is 5.91 Å². The van der Waals surface area contributed by atoms with Crippen LogP contribution in [0.1, 0.15) is 36.5 Å². The molecule has 1 heterocycles. The maximum absolute atomic E-state index is 12.9. The maximum atomic E-state index is 12.9. The third-order valence-electron chi connectivity index (χ3n) is 5.59. The van der Waals surface area contributed by atoms with Crippen LogP contribution < -0.4 is 4.74 Å². The minimum absolute atomic E-state index is 0.0123. The average molecular weight is 342 g/mol. The fraction of sp³-hybridized carbons (Fsp3) is 0.600. The summed E-state index contributed by atoms with van der Waals surface area (Å²) in [5.74, 6) is 2.37. The van der Waals surface area contributed by atoms with Gasteiger partial charge in [-0.05, 0) is 43.2 Å². The van der Waals surface area contributed by atoms with Gasteiger partial charge in [0.1, 0.15) is 5.75 Å². The number of para-hydroxylation sites is 1. The number of ether oxygens (including phenoxy) is 1. The Labute approximate surface area is 148 Å². The molecular formula is C20H26N2O3. The topological polar surface area (TPSA) is 49.9 Å². The zero-order chi connectivity index (χ0) is 17.4. The summed E-state index contributed by atoms with van der Waals surface area (Å²) >= 11 is 0. The molecule has 0 spiro atoms. The van der Waals surface area contributed by atoms with Crippen LogP contribution in [0.2, 0.25) is 0 Å². The molecule has 0 N–H and O–H groups in total. The number of hydrogen-bond donors (Lipinski definition) is 0. The molecule has 3 aliphatic rings. The van der Waals surface area contributed by atoms with Crippen LogP contribution in [0.4, 0.5) is 0 Å². The van der Waals surface area contributed by atoms with Gasteiger partial charge in [-0.2, -0.15) is 0 Å². The number of piperazine rings is 1. The lowest BCUT2D eigenvalue weighted by molar-refractivity contribution is -0.134. The molecular weight excluding hydrogens is 316 g/mol. The van der Waals surface area contributed by atoms with Crippen molar-refractivity contribution in [3.63, 3.8) is 0 Å². The highest BCUT2D eigenvalue weighted by atomic mass is 16.5. The summed E-state index contributed by atoms with van der Waals surface area (Å²) in [4.78, 5) is 29.0. The summed E-state index contributed by atoms with van der Waals surface area (Å²) in [6.07, 6.45) is 3.47. The second-order valence-electron chi connectivity index (χ2n) is 7.69. The van der Waals surface area contributed by atoms with Gasteiger partial charge >= 0.3 is 0 Å². The van der Waals surface area contributed by atoms with Crippen molar-refractivity contribution in [1.29, 1.82) is 0 Å². The molecule has 0 bridgehead atoms. The van der Waals surface area contributed by atoms with Crippen LogP contribution in [0.15, 0.2) is 24.3 Å². The van der Waals surface area contributed by atoms with Gasteiger partial charge in [0, 0.05) is 32.1 Å². The molecule has 5 heteroatoms. The number of hydrogen-bond acceptors (Lipinski definition) is 3. The number of rotatable bonds is 5. The predicted molar refractivity (Wildman–Crippen MR) is 94.4 cm³/mol. The van der Waals surface area contributed by atoms with Gasteiger partial charge in [0.15, 0.2) is 0 Å². The summed E-state index contributed by atoms with van der Waals surface area (Å²) in [6.45, 7) is 5.30. The lowest BCUT2D eigenvalue weighted by atomic mass is 10.1. The highest BCUT2D eigenvalue weighted by Gasteiger charge is 2.42. The Morgan fingerprint density at radius 3 is 2.36 bits per heavy atom. The van der Waals surface area contributed by atoms with E-state index in [4.69, 9.17) is 4.74 Å². The van der Waals surface area contributed by atoms with E-state index in [1.54, 1.807) is 0 Å². The highest BCUT2D eigenvalue weighted by molar-refractivity contribution is 5.97. The molecule has 0 unspecified atom stereocenters. The van der Waals surface area contributed by atoms with Crippen LogP contribution in [0.25, 0.3) is 0 Å². The molecule has 2 saturated carbocycles. The zero-order valence-corrected chi connectivity index (χ0v) is 14.8. The molecule has 5 nitrogen and oxygen atoms in total. The number of benzene rings is 1. The fourth-order valence-corrected chi connectivity index (χ4v) is 3.46. The molecule has 25 heavy (non-hydrogen) atoms. The Kier molecular flexibility index (Phi) is 4.40. The Hall–Kier alpha value is -2.04. The van der Waals surface area contributed by atoms with Crippen molar-refractivity contribution in [2.24, 2.45) is 17.8 Å². The Morgan fingerprint density at radius 1 is 1.08 bits per heavy atom. The van der Waals surface area contributed by atoms with E-state index in [1.807, 2.05) is 34.1 Å². The summed E-state index contributed by atoms with van der Waals surface area (Å²) in [5.41, 5.74) is 0.638. The van der Waals surface area contributed by atoms with Crippen molar-refractivity contribution in [1.82, 2.24) is 9.80 Å². The van der Waals surface area contributed by atoms with Gasteiger partial charge in [-0.25, -0.2) is 0 Å². The molecule has 1 aromatic carbocycles. The number of nitrogens with zero attached hydrogens (tertiary/aromatic N) is 2. The van der Waals surface area contributed by atoms with Crippen LogP contribution in [-0.2, 0) is 4.79 Å². The second kappa shape index (κ2) is 6.70. The third kappa shape index (κ3) is 3.65. The monoisotopic (exact) mass is 342 g/mol. The smallest absolute Gasteiger partial charge is 0.257 e. The molecule has 3 fully saturated rings. The first-order valence-electron chi connectivity index (χ1n) is 9.43. The summed E-state index contributed by atoms with van der Waals surface area (Å²) in [6, 6.07) is 7.51. The van der Waals surface area contributed by atoms with E-state index in [-0.39, 0.29) is 17.7 Å². The summed E-state index contributed by atoms with van der Waals surface area (Å²) in [7, 11) is 0. The first-order chi connectivity index (χ1) is 12.1. The minimum atomic E-state index is 0.0123. The highest BCUT2D eigenvalue weighted by Crippen LogP contribution is 2.39. The third-order valence-corrected chi connectivity index (χ3v) is 5.59. The van der Waals surface area contributed by atoms with Crippen molar-refractivity contribution < 1.29 is 14.3 Å². The van der Waals surface area contributed by atoms with E-state index in [9.17, 15) is 9.59 Å². The van der Waals surface area contributed by atoms with Crippen molar-refractivity contribution in [2.75, 3.05) is 32.8 Å². The van der Waals surface area contributed by atoms with Crippen molar-refractivity contribution in [2.45, 2.75) is 26.2 Å². The maximum Gasteiger partial charge on any atom is 0.257 e. The largest absolute Gasteiger partial charge is 0.492 e. The molecule has 1 aromatic rings. The van der Waals surface area contributed by atoms with Crippen LogP contribution in [0, 0.1) is 17.8 Å². The lowest BCUT2D eigenvalue weighted by Crippen LogP contribution is -2.51. The van der Waals surface area contributed by atoms with Crippen LogP contribution in [0.3, 0.4) is 0 Å². The SMILES string of the molecule is C[C@H]1C[C@H]1C(=O)N1CCN(C(=O)c2ccccc2OCC2CC2)CC1. The predicted octanol–water partition coefficient (Wildman–Crippen LogP) is 2.42. The first-order valence-corrected chi connectivity index (χ1v) is 9.43. The van der Waals surface area contributed by atoms with E-state index in [0.717, 1.165) is 6.42 Å². The second-order valence-corrected chi connectivity index (χ2v) is 7.69. The molecule has 134 valence electrons. The normalized spacial score (nSPS) is 25.6. The van der Waals surface area contributed by atoms with Gasteiger partial charge in [0.25, 0.3) is 5.91 Å². The number of carbonyl (C=O) groups is 2. The standard InChI is InChI=1S/C20H26N2O3/c1-14-12-17(14)20(24)22-10-8-21(9-11-22)19(23)16-4-2-3-5-18(16)25-13-15-6-7-15/h2-5,14-15,17H,6-13H2,1H3/t14-,17+/m0/s1. The minimum Gasteiger partial charge on any atom is -0.492 e. The van der Waals surface area contributed by atoms with Crippen molar-refractivity contribution in [3.8, 4) is 5.75 Å². The summed E-state index contributed by atoms with van der Waals surface area (Å²) in [5, 5.41) is 0. The molecule has 4 rings (SSSR count). The van der Waals surface area contributed by atoms with Gasteiger partial charge in [-0.15, -0.1) is 0 Å².